The highest BCUT2D eigenvalue weighted by Crippen LogP contribution is 2.45. The van der Waals surface area contributed by atoms with E-state index in [-0.39, 0.29) is 5.41 Å². The molecule has 0 spiro atoms. The Morgan fingerprint density at radius 1 is 1.40 bits per heavy atom. The summed E-state index contributed by atoms with van der Waals surface area (Å²) in [7, 11) is 0. The minimum absolute atomic E-state index is 0.105. The summed E-state index contributed by atoms with van der Waals surface area (Å²) < 4.78 is 11.6. The number of halogens is 1. The third-order valence-electron chi connectivity index (χ3n) is 3.29. The third kappa shape index (κ3) is 2.16. The highest BCUT2D eigenvalue weighted by atomic mass is 35.5. The predicted octanol–water partition coefficient (Wildman–Crippen LogP) is 3.78. The van der Waals surface area contributed by atoms with Crippen LogP contribution >= 0.6 is 11.6 Å². The monoisotopic (exact) mass is 290 g/mol. The Labute approximate surface area is 122 Å². The van der Waals surface area contributed by atoms with Crippen molar-refractivity contribution in [2.24, 2.45) is 0 Å². The number of nitrogens with zero attached hydrogens (tertiary/aromatic N) is 1. The second kappa shape index (κ2) is 4.56. The zero-order valence-electron chi connectivity index (χ0n) is 11.3. The Morgan fingerprint density at radius 3 is 2.95 bits per heavy atom. The van der Waals surface area contributed by atoms with Crippen LogP contribution in [0.25, 0.3) is 0 Å². The lowest BCUT2D eigenvalue weighted by Crippen LogP contribution is -2.19. The Bertz CT molecular complexity index is 671. The molecule has 1 aliphatic rings. The van der Waals surface area contributed by atoms with Crippen LogP contribution in [0.1, 0.15) is 19.4 Å². The minimum Gasteiger partial charge on any atom is -0.492 e. The molecule has 0 unspecified atom stereocenters. The largest absolute Gasteiger partial charge is 0.492 e. The fraction of sp³-hybridized carbons (Fsp3) is 0.267. The summed E-state index contributed by atoms with van der Waals surface area (Å²) in [5.74, 6) is 1.90. The molecule has 0 bridgehead atoms. The number of nitrogens with two attached hydrogens (primary N) is 1. The van der Waals surface area contributed by atoms with Crippen LogP contribution in [0.15, 0.2) is 30.5 Å². The van der Waals surface area contributed by atoms with E-state index in [0.29, 0.717) is 28.9 Å². The van der Waals surface area contributed by atoms with E-state index in [1.54, 1.807) is 6.07 Å². The van der Waals surface area contributed by atoms with Gasteiger partial charge in [-0.05, 0) is 18.2 Å². The number of benzene rings is 1. The van der Waals surface area contributed by atoms with Crippen molar-refractivity contribution in [2.75, 3.05) is 12.3 Å². The van der Waals surface area contributed by atoms with Crippen molar-refractivity contribution in [3.05, 3.63) is 41.0 Å². The number of rotatable bonds is 2. The molecule has 2 heterocycles. The average Bonchev–Trinajstić information content (AvgIpc) is 2.70. The van der Waals surface area contributed by atoms with Gasteiger partial charge < -0.3 is 15.2 Å². The van der Waals surface area contributed by atoms with Crippen LogP contribution in [-0.4, -0.2) is 11.6 Å². The summed E-state index contributed by atoms with van der Waals surface area (Å²) >= 11 is 6.10. The quantitative estimate of drug-likeness (QED) is 0.914. The van der Waals surface area contributed by atoms with Gasteiger partial charge in [0.1, 0.15) is 16.5 Å². The van der Waals surface area contributed by atoms with E-state index in [4.69, 9.17) is 26.8 Å². The summed E-state index contributed by atoms with van der Waals surface area (Å²) in [5.41, 5.74) is 7.07. The van der Waals surface area contributed by atoms with E-state index in [0.717, 1.165) is 11.3 Å². The molecule has 0 fully saturated rings. The van der Waals surface area contributed by atoms with Gasteiger partial charge in [-0.1, -0.05) is 31.5 Å². The summed E-state index contributed by atoms with van der Waals surface area (Å²) in [6.07, 6.45) is 1.52. The first-order valence-electron chi connectivity index (χ1n) is 6.32. The lowest BCUT2D eigenvalue weighted by atomic mass is 9.86. The van der Waals surface area contributed by atoms with Gasteiger partial charge in [0.2, 0.25) is 5.88 Å². The van der Waals surface area contributed by atoms with Gasteiger partial charge in [0.15, 0.2) is 0 Å². The van der Waals surface area contributed by atoms with Gasteiger partial charge >= 0.3 is 0 Å². The van der Waals surface area contributed by atoms with Crippen molar-refractivity contribution in [1.82, 2.24) is 4.98 Å². The van der Waals surface area contributed by atoms with E-state index >= 15 is 0 Å². The molecule has 2 aromatic rings. The van der Waals surface area contributed by atoms with E-state index in [1.165, 1.54) is 6.20 Å². The number of aromatic nitrogens is 1. The fourth-order valence-electron chi connectivity index (χ4n) is 2.33. The molecule has 5 heteroatoms. The molecule has 20 heavy (non-hydrogen) atoms. The van der Waals surface area contributed by atoms with Crippen molar-refractivity contribution in [3.63, 3.8) is 0 Å². The first-order valence-corrected chi connectivity index (χ1v) is 6.70. The molecule has 1 aromatic carbocycles. The molecule has 0 atom stereocenters. The molecule has 3 rings (SSSR count). The van der Waals surface area contributed by atoms with Crippen LogP contribution in [-0.2, 0) is 5.41 Å². The topological polar surface area (TPSA) is 57.4 Å². The Morgan fingerprint density at radius 2 is 2.20 bits per heavy atom. The lowest BCUT2D eigenvalue weighted by molar-refractivity contribution is 0.290. The van der Waals surface area contributed by atoms with Gasteiger partial charge in [-0.15, -0.1) is 0 Å². The zero-order valence-corrected chi connectivity index (χ0v) is 12.1. The van der Waals surface area contributed by atoms with Crippen LogP contribution in [0.5, 0.6) is 17.4 Å². The van der Waals surface area contributed by atoms with Gasteiger partial charge in [-0.2, -0.15) is 0 Å². The Balaban J connectivity index is 2.02. The van der Waals surface area contributed by atoms with E-state index in [9.17, 15) is 0 Å². The van der Waals surface area contributed by atoms with Crippen LogP contribution in [0, 0.1) is 0 Å². The van der Waals surface area contributed by atoms with E-state index < -0.39 is 0 Å². The Hall–Kier alpha value is -1.94. The van der Waals surface area contributed by atoms with Crippen LogP contribution < -0.4 is 15.2 Å². The molecule has 0 saturated carbocycles. The van der Waals surface area contributed by atoms with Gasteiger partial charge in [0, 0.05) is 11.0 Å². The Kier molecular flexibility index (Phi) is 2.98. The van der Waals surface area contributed by atoms with Crippen molar-refractivity contribution in [2.45, 2.75) is 19.3 Å². The van der Waals surface area contributed by atoms with Gasteiger partial charge in [0.05, 0.1) is 18.5 Å². The van der Waals surface area contributed by atoms with E-state index in [1.807, 2.05) is 18.2 Å². The number of fused-ring (bicyclic) bond motifs is 1. The van der Waals surface area contributed by atoms with Crippen molar-refractivity contribution in [1.29, 1.82) is 0 Å². The van der Waals surface area contributed by atoms with E-state index in [2.05, 4.69) is 18.8 Å². The third-order valence-corrected chi connectivity index (χ3v) is 3.56. The van der Waals surface area contributed by atoms with Gasteiger partial charge in [-0.3, -0.25) is 0 Å². The number of hydrogen-bond donors (Lipinski definition) is 1. The smallest absolute Gasteiger partial charge is 0.238 e. The molecule has 104 valence electrons. The van der Waals surface area contributed by atoms with Crippen LogP contribution in [0.4, 0.5) is 5.69 Å². The first kappa shape index (κ1) is 13.1. The maximum atomic E-state index is 6.10. The number of anilines is 1. The summed E-state index contributed by atoms with van der Waals surface area (Å²) in [5, 5.41) is 0.388. The molecule has 0 radical (unpaired) electrons. The molecular weight excluding hydrogens is 276 g/mol. The lowest BCUT2D eigenvalue weighted by Gasteiger charge is -2.19. The second-order valence-corrected chi connectivity index (χ2v) is 5.87. The zero-order chi connectivity index (χ0) is 14.3. The summed E-state index contributed by atoms with van der Waals surface area (Å²) in [4.78, 5) is 4.13. The number of nitrogen functional groups attached to an aromatic ring is 1. The molecular formula is C15H15ClN2O2. The highest BCUT2D eigenvalue weighted by Gasteiger charge is 2.35. The SMILES string of the molecule is CC1(C)COc2cccc(Oc3ncc(N)cc3Cl)c21. The molecule has 0 saturated heterocycles. The number of ether oxygens (including phenoxy) is 2. The second-order valence-electron chi connectivity index (χ2n) is 5.46. The molecule has 1 aliphatic heterocycles. The number of hydrogen-bond acceptors (Lipinski definition) is 4. The summed E-state index contributed by atoms with van der Waals surface area (Å²) in [6.45, 7) is 4.86. The predicted molar refractivity (Wildman–Crippen MR) is 78.7 cm³/mol. The van der Waals surface area contributed by atoms with Crippen molar-refractivity contribution < 1.29 is 9.47 Å². The molecule has 0 amide bonds. The first-order chi connectivity index (χ1) is 9.47. The van der Waals surface area contributed by atoms with Gasteiger partial charge in [0.25, 0.3) is 0 Å². The molecule has 0 aliphatic carbocycles. The standard InChI is InChI=1S/C15H15ClN2O2/c1-15(2)8-19-11-4-3-5-12(13(11)15)20-14-10(16)6-9(17)7-18-14/h3-7H,8,17H2,1-2H3. The van der Waals surface area contributed by atoms with Crippen LogP contribution in [0.2, 0.25) is 5.02 Å². The van der Waals surface area contributed by atoms with Crippen LogP contribution in [0.3, 0.4) is 0 Å². The van der Waals surface area contributed by atoms with Crippen molar-refractivity contribution >= 4 is 17.3 Å². The molecule has 1 aromatic heterocycles. The molecule has 4 nitrogen and oxygen atoms in total. The summed E-state index contributed by atoms with van der Waals surface area (Å²) in [6, 6.07) is 7.34. The minimum atomic E-state index is -0.105. The molecule has 2 N–H and O–H groups in total. The van der Waals surface area contributed by atoms with Gasteiger partial charge in [-0.25, -0.2) is 4.98 Å². The number of pyridine rings is 1. The maximum Gasteiger partial charge on any atom is 0.238 e. The average molecular weight is 291 g/mol. The normalized spacial score (nSPS) is 15.6. The fourth-order valence-corrected chi connectivity index (χ4v) is 2.55. The van der Waals surface area contributed by atoms with Crippen molar-refractivity contribution in [3.8, 4) is 17.4 Å². The highest BCUT2D eigenvalue weighted by molar-refractivity contribution is 6.32. The maximum absolute atomic E-state index is 6.10.